The van der Waals surface area contributed by atoms with E-state index >= 15 is 0 Å². The topological polar surface area (TPSA) is 55.6 Å². The number of aromatic amines is 1. The van der Waals surface area contributed by atoms with Gasteiger partial charge in [-0.15, -0.1) is 0 Å². The van der Waals surface area contributed by atoms with Crippen molar-refractivity contribution in [1.29, 1.82) is 0 Å². The molecule has 106 valence electrons. The van der Waals surface area contributed by atoms with E-state index in [9.17, 15) is 4.79 Å². The van der Waals surface area contributed by atoms with E-state index in [2.05, 4.69) is 17.1 Å². The molecule has 0 aliphatic heterocycles. The highest BCUT2D eigenvalue weighted by Crippen LogP contribution is 2.24. The fraction of sp³-hybridized carbons (Fsp3) is 0.500. The molecule has 0 saturated heterocycles. The van der Waals surface area contributed by atoms with Crippen molar-refractivity contribution < 1.29 is 0 Å². The highest BCUT2D eigenvalue weighted by Gasteiger charge is 2.21. The summed E-state index contributed by atoms with van der Waals surface area (Å²) >= 11 is 5.14. The molecule has 2 aromatic heterocycles. The number of fused-ring (bicyclic) bond motifs is 1. The molecule has 1 N–H and O–H groups in total. The van der Waals surface area contributed by atoms with E-state index in [0.717, 1.165) is 32.2 Å². The lowest BCUT2D eigenvalue weighted by Crippen LogP contribution is -2.26. The Kier molecular flexibility index (Phi) is 3.33. The Morgan fingerprint density at radius 2 is 2.25 bits per heavy atom. The summed E-state index contributed by atoms with van der Waals surface area (Å²) in [5.74, 6) is 0.625. The maximum Gasteiger partial charge on any atom is 0.261 e. The first-order valence-corrected chi connectivity index (χ1v) is 7.41. The molecule has 3 rings (SSSR count). The number of H-pyrrole nitrogens is 1. The second kappa shape index (κ2) is 5.01. The molecular formula is C14H18N4OS. The van der Waals surface area contributed by atoms with Crippen molar-refractivity contribution in [2.75, 3.05) is 0 Å². The maximum atomic E-state index is 12.7. The van der Waals surface area contributed by atoms with E-state index < -0.39 is 0 Å². The van der Waals surface area contributed by atoms with Gasteiger partial charge in [0.25, 0.3) is 5.56 Å². The van der Waals surface area contributed by atoms with Crippen molar-refractivity contribution in [3.63, 3.8) is 0 Å². The molecular weight excluding hydrogens is 272 g/mol. The van der Waals surface area contributed by atoms with E-state index in [1.54, 1.807) is 4.57 Å². The fourth-order valence-corrected chi connectivity index (χ4v) is 3.06. The Labute approximate surface area is 122 Å². The molecule has 0 spiro atoms. The largest absolute Gasteiger partial charge is 0.312 e. The minimum atomic E-state index is 0.0459. The molecule has 0 saturated carbocycles. The maximum absolute atomic E-state index is 12.7. The molecule has 5 nitrogen and oxygen atoms in total. The zero-order valence-electron chi connectivity index (χ0n) is 11.8. The molecule has 1 aliphatic carbocycles. The van der Waals surface area contributed by atoms with Crippen molar-refractivity contribution in [2.45, 2.75) is 39.2 Å². The molecule has 2 aromatic rings. The third kappa shape index (κ3) is 1.95. The van der Waals surface area contributed by atoms with Crippen molar-refractivity contribution in [1.82, 2.24) is 19.3 Å². The SMILES string of the molecule is CCCn1c2c(cc(-c3n[nH]c(=S)n3C)c1=O)CCC2. The van der Waals surface area contributed by atoms with Crippen LogP contribution in [0.25, 0.3) is 11.4 Å². The van der Waals surface area contributed by atoms with E-state index in [4.69, 9.17) is 12.2 Å². The van der Waals surface area contributed by atoms with Crippen LogP contribution in [0.15, 0.2) is 10.9 Å². The van der Waals surface area contributed by atoms with Crippen molar-refractivity contribution in [3.05, 3.63) is 32.4 Å². The predicted octanol–water partition coefficient (Wildman–Crippen LogP) is 2.21. The number of nitrogens with zero attached hydrogens (tertiary/aromatic N) is 3. The first-order chi connectivity index (χ1) is 9.63. The average molecular weight is 290 g/mol. The summed E-state index contributed by atoms with van der Waals surface area (Å²) in [5.41, 5.74) is 3.18. The van der Waals surface area contributed by atoms with Crippen LogP contribution >= 0.6 is 12.2 Å². The molecule has 0 unspecified atom stereocenters. The lowest BCUT2D eigenvalue weighted by Gasteiger charge is -2.13. The van der Waals surface area contributed by atoms with Crippen LogP contribution in [0.2, 0.25) is 0 Å². The highest BCUT2D eigenvalue weighted by atomic mass is 32.1. The summed E-state index contributed by atoms with van der Waals surface area (Å²) in [7, 11) is 1.83. The van der Waals surface area contributed by atoms with E-state index in [-0.39, 0.29) is 5.56 Å². The third-order valence-electron chi connectivity index (χ3n) is 3.92. The van der Waals surface area contributed by atoms with Gasteiger partial charge in [-0.3, -0.25) is 9.89 Å². The predicted molar refractivity (Wildman–Crippen MR) is 80.4 cm³/mol. The van der Waals surface area contributed by atoms with Gasteiger partial charge < -0.3 is 9.13 Å². The summed E-state index contributed by atoms with van der Waals surface area (Å²) in [6, 6.07) is 2.00. The average Bonchev–Trinajstić information content (AvgIpc) is 3.01. The first kappa shape index (κ1) is 13.3. The Bertz CT molecular complexity index is 768. The summed E-state index contributed by atoms with van der Waals surface area (Å²) in [6.45, 7) is 2.86. The second-order valence-electron chi connectivity index (χ2n) is 5.25. The molecule has 20 heavy (non-hydrogen) atoms. The fourth-order valence-electron chi connectivity index (χ4n) is 2.93. The van der Waals surface area contributed by atoms with Gasteiger partial charge in [-0.1, -0.05) is 6.92 Å². The van der Waals surface area contributed by atoms with Crippen molar-refractivity contribution in [3.8, 4) is 11.4 Å². The minimum Gasteiger partial charge on any atom is -0.312 e. The second-order valence-corrected chi connectivity index (χ2v) is 5.64. The van der Waals surface area contributed by atoms with Gasteiger partial charge in [0, 0.05) is 19.3 Å². The lowest BCUT2D eigenvalue weighted by molar-refractivity contribution is 0.624. The Morgan fingerprint density at radius 1 is 1.45 bits per heavy atom. The summed E-state index contributed by atoms with van der Waals surface area (Å²) in [6.07, 6.45) is 4.13. The van der Waals surface area contributed by atoms with Gasteiger partial charge in [-0.25, -0.2) is 0 Å². The number of hydrogen-bond acceptors (Lipinski definition) is 3. The van der Waals surface area contributed by atoms with Crippen LogP contribution < -0.4 is 5.56 Å². The van der Waals surface area contributed by atoms with Gasteiger partial charge in [-0.05, 0) is 49.5 Å². The number of aryl methyl sites for hydroxylation is 1. The summed E-state index contributed by atoms with van der Waals surface area (Å²) in [4.78, 5) is 12.7. The molecule has 0 fully saturated rings. The minimum absolute atomic E-state index is 0.0459. The molecule has 0 aromatic carbocycles. The molecule has 0 radical (unpaired) electrons. The standard InChI is InChI=1S/C14H18N4OS/c1-3-7-18-11-6-4-5-9(11)8-10(13(18)19)12-15-16-14(20)17(12)2/h8H,3-7H2,1-2H3,(H,16,20). The van der Waals surface area contributed by atoms with Crippen LogP contribution in [0.4, 0.5) is 0 Å². The van der Waals surface area contributed by atoms with Crippen LogP contribution in [-0.4, -0.2) is 19.3 Å². The van der Waals surface area contributed by atoms with Gasteiger partial charge in [-0.2, -0.15) is 5.10 Å². The van der Waals surface area contributed by atoms with Crippen molar-refractivity contribution in [2.24, 2.45) is 7.05 Å². The van der Waals surface area contributed by atoms with Crippen molar-refractivity contribution >= 4 is 12.2 Å². The Morgan fingerprint density at radius 3 is 2.90 bits per heavy atom. The van der Waals surface area contributed by atoms with Crippen LogP contribution in [0.3, 0.4) is 0 Å². The van der Waals surface area contributed by atoms with E-state index in [1.165, 1.54) is 11.3 Å². The van der Waals surface area contributed by atoms with Crippen LogP contribution in [0.5, 0.6) is 0 Å². The molecule has 6 heteroatoms. The summed E-state index contributed by atoms with van der Waals surface area (Å²) in [5, 5.41) is 6.95. The molecule has 0 atom stereocenters. The Balaban J connectivity index is 2.27. The van der Waals surface area contributed by atoms with Crippen LogP contribution in [0.1, 0.15) is 31.0 Å². The van der Waals surface area contributed by atoms with Gasteiger partial charge in [0.2, 0.25) is 0 Å². The summed E-state index contributed by atoms with van der Waals surface area (Å²) < 4.78 is 4.21. The Hall–Kier alpha value is -1.69. The van der Waals surface area contributed by atoms with Crippen LogP contribution in [0, 0.1) is 4.77 Å². The molecule has 2 heterocycles. The lowest BCUT2D eigenvalue weighted by atomic mass is 10.1. The monoisotopic (exact) mass is 290 g/mol. The third-order valence-corrected chi connectivity index (χ3v) is 4.28. The van der Waals surface area contributed by atoms with Crippen LogP contribution in [-0.2, 0) is 26.4 Å². The number of pyridine rings is 1. The van der Waals surface area contributed by atoms with Gasteiger partial charge in [0.15, 0.2) is 10.6 Å². The van der Waals surface area contributed by atoms with Gasteiger partial charge in [0.1, 0.15) is 0 Å². The normalized spacial score (nSPS) is 13.7. The zero-order chi connectivity index (χ0) is 14.3. The smallest absolute Gasteiger partial charge is 0.261 e. The van der Waals surface area contributed by atoms with Gasteiger partial charge in [0.05, 0.1) is 5.56 Å². The van der Waals surface area contributed by atoms with E-state index in [1.807, 2.05) is 17.7 Å². The quantitative estimate of drug-likeness (QED) is 0.882. The first-order valence-electron chi connectivity index (χ1n) is 7.00. The molecule has 1 aliphatic rings. The molecule has 0 amide bonds. The van der Waals surface area contributed by atoms with Gasteiger partial charge >= 0.3 is 0 Å². The van der Waals surface area contributed by atoms with E-state index in [0.29, 0.717) is 16.2 Å². The molecule has 0 bridgehead atoms. The number of rotatable bonds is 3. The zero-order valence-corrected chi connectivity index (χ0v) is 12.6. The highest BCUT2D eigenvalue weighted by molar-refractivity contribution is 7.71. The number of nitrogens with one attached hydrogen (secondary N) is 1. The number of hydrogen-bond donors (Lipinski definition) is 1. The number of aromatic nitrogens is 4.